The molecular formula is C26H36FN3O4S. The molecule has 2 aromatic carbocycles. The van der Waals surface area contributed by atoms with E-state index in [1.807, 2.05) is 32.9 Å². The van der Waals surface area contributed by atoms with E-state index in [4.69, 9.17) is 0 Å². The van der Waals surface area contributed by atoms with E-state index < -0.39 is 16.1 Å². The van der Waals surface area contributed by atoms with Crippen LogP contribution in [0.5, 0.6) is 0 Å². The van der Waals surface area contributed by atoms with E-state index in [1.54, 1.807) is 25.1 Å². The quantitative estimate of drug-likeness (QED) is 0.474. The molecule has 0 spiro atoms. The minimum atomic E-state index is -3.55. The van der Waals surface area contributed by atoms with Crippen molar-refractivity contribution < 1.29 is 22.4 Å². The number of halogens is 1. The van der Waals surface area contributed by atoms with Crippen LogP contribution in [-0.4, -0.2) is 50.5 Å². The Kier molecular flexibility index (Phi) is 10.2. The molecule has 0 fully saturated rings. The van der Waals surface area contributed by atoms with Gasteiger partial charge in [-0.25, -0.2) is 12.8 Å². The lowest BCUT2D eigenvalue weighted by molar-refractivity contribution is -0.140. The Bertz CT molecular complexity index is 1120. The van der Waals surface area contributed by atoms with Gasteiger partial charge in [0, 0.05) is 26.1 Å². The lowest BCUT2D eigenvalue weighted by Crippen LogP contribution is -2.47. The largest absolute Gasteiger partial charge is 0.354 e. The molecule has 0 aliphatic rings. The molecule has 1 atom stereocenters. The molecule has 2 rings (SSSR count). The fourth-order valence-corrected chi connectivity index (χ4v) is 4.61. The number of amides is 2. The van der Waals surface area contributed by atoms with Crippen molar-refractivity contribution in [1.82, 2.24) is 10.2 Å². The van der Waals surface area contributed by atoms with Crippen LogP contribution >= 0.6 is 0 Å². The molecule has 0 aliphatic carbocycles. The van der Waals surface area contributed by atoms with E-state index in [9.17, 15) is 22.4 Å². The predicted octanol–water partition coefficient (Wildman–Crippen LogP) is 3.93. The van der Waals surface area contributed by atoms with Crippen molar-refractivity contribution in [2.24, 2.45) is 0 Å². The predicted molar refractivity (Wildman–Crippen MR) is 137 cm³/mol. The minimum absolute atomic E-state index is 0.0590. The number of rotatable bonds is 12. The van der Waals surface area contributed by atoms with Crippen LogP contribution in [0.1, 0.15) is 49.8 Å². The first-order valence-corrected chi connectivity index (χ1v) is 13.7. The molecule has 2 aromatic rings. The molecule has 0 unspecified atom stereocenters. The first-order valence-electron chi connectivity index (χ1n) is 11.8. The Hall–Kier alpha value is -2.94. The summed E-state index contributed by atoms with van der Waals surface area (Å²) < 4.78 is 39.5. The molecule has 0 saturated heterocycles. The summed E-state index contributed by atoms with van der Waals surface area (Å²) >= 11 is 0. The zero-order valence-electron chi connectivity index (χ0n) is 21.2. The highest BCUT2D eigenvalue weighted by Gasteiger charge is 2.26. The summed E-state index contributed by atoms with van der Waals surface area (Å²) in [6, 6.07) is 10.5. The minimum Gasteiger partial charge on any atom is -0.354 e. The van der Waals surface area contributed by atoms with Gasteiger partial charge in [-0.2, -0.15) is 0 Å². The molecule has 9 heteroatoms. The van der Waals surface area contributed by atoms with Gasteiger partial charge in [0.25, 0.3) is 0 Å². The number of benzene rings is 2. The smallest absolute Gasteiger partial charge is 0.242 e. The van der Waals surface area contributed by atoms with Gasteiger partial charge in [0.1, 0.15) is 11.9 Å². The second-order valence-electron chi connectivity index (χ2n) is 8.82. The maximum Gasteiger partial charge on any atom is 0.242 e. The summed E-state index contributed by atoms with van der Waals surface area (Å²) in [5.74, 6) is -0.926. The van der Waals surface area contributed by atoms with Crippen LogP contribution in [0.4, 0.5) is 10.1 Å². The van der Waals surface area contributed by atoms with E-state index in [0.717, 1.165) is 23.8 Å². The number of anilines is 1. The van der Waals surface area contributed by atoms with Crippen molar-refractivity contribution in [2.45, 2.75) is 59.5 Å². The third kappa shape index (κ3) is 8.35. The monoisotopic (exact) mass is 505 g/mol. The highest BCUT2D eigenvalue weighted by Crippen LogP contribution is 2.22. The Morgan fingerprint density at radius 2 is 1.71 bits per heavy atom. The van der Waals surface area contributed by atoms with E-state index in [0.29, 0.717) is 17.8 Å². The molecule has 2 amide bonds. The van der Waals surface area contributed by atoms with Crippen LogP contribution in [0.2, 0.25) is 0 Å². The van der Waals surface area contributed by atoms with Gasteiger partial charge in [0.05, 0.1) is 11.9 Å². The number of carbonyl (C=O) groups is 2. The molecule has 7 nitrogen and oxygen atoms in total. The fourth-order valence-electron chi connectivity index (χ4n) is 3.65. The van der Waals surface area contributed by atoms with Gasteiger partial charge in [-0.1, -0.05) is 25.1 Å². The van der Waals surface area contributed by atoms with E-state index in [2.05, 4.69) is 5.32 Å². The van der Waals surface area contributed by atoms with Crippen molar-refractivity contribution in [3.8, 4) is 0 Å². The van der Waals surface area contributed by atoms with Gasteiger partial charge in [-0.05, 0) is 74.6 Å². The van der Waals surface area contributed by atoms with Crippen molar-refractivity contribution in [2.75, 3.05) is 23.7 Å². The van der Waals surface area contributed by atoms with Crippen molar-refractivity contribution in [3.05, 3.63) is 65.0 Å². The summed E-state index contributed by atoms with van der Waals surface area (Å²) in [4.78, 5) is 27.3. The standard InChI is InChI=1S/C26H36FN3O4S/c1-6-15-28-26(32)21(4)29(18-22-10-12-23(27)13-11-22)25(31)8-7-16-30(35(5,33)34)24-14-9-19(2)20(3)17-24/h9-14,17,21H,6-8,15-16,18H2,1-5H3,(H,28,32)/t21-/m0/s1. The Morgan fingerprint density at radius 1 is 1.06 bits per heavy atom. The molecule has 0 aromatic heterocycles. The molecule has 0 bridgehead atoms. The van der Waals surface area contributed by atoms with E-state index >= 15 is 0 Å². The summed E-state index contributed by atoms with van der Waals surface area (Å²) in [5.41, 5.74) is 3.29. The maximum atomic E-state index is 13.3. The third-order valence-corrected chi connectivity index (χ3v) is 7.11. The first-order chi connectivity index (χ1) is 16.4. The third-order valence-electron chi connectivity index (χ3n) is 5.91. The maximum absolute atomic E-state index is 13.3. The molecule has 0 aliphatic heterocycles. The SMILES string of the molecule is CCCNC(=O)[C@H](C)N(Cc1ccc(F)cc1)C(=O)CCCN(c1ccc(C)c(C)c1)S(C)(=O)=O. The molecule has 1 N–H and O–H groups in total. The normalized spacial score (nSPS) is 12.2. The molecule has 0 heterocycles. The number of nitrogens with one attached hydrogen (secondary N) is 1. The molecule has 35 heavy (non-hydrogen) atoms. The van der Waals surface area contributed by atoms with Gasteiger partial charge in [0.15, 0.2) is 0 Å². The lowest BCUT2D eigenvalue weighted by Gasteiger charge is -2.29. The Balaban J connectivity index is 2.16. The fraction of sp³-hybridized carbons (Fsp3) is 0.462. The van der Waals surface area contributed by atoms with Crippen molar-refractivity contribution in [1.29, 1.82) is 0 Å². The molecule has 192 valence electrons. The molecule has 0 saturated carbocycles. The molecule has 0 radical (unpaired) electrons. The topological polar surface area (TPSA) is 86.8 Å². The van der Waals surface area contributed by atoms with Gasteiger partial charge < -0.3 is 10.2 Å². The highest BCUT2D eigenvalue weighted by molar-refractivity contribution is 7.92. The number of aryl methyl sites for hydroxylation is 2. The summed E-state index contributed by atoms with van der Waals surface area (Å²) in [7, 11) is -3.55. The average molecular weight is 506 g/mol. The highest BCUT2D eigenvalue weighted by atomic mass is 32.2. The Labute approximate surface area is 208 Å². The lowest BCUT2D eigenvalue weighted by atomic mass is 10.1. The van der Waals surface area contributed by atoms with Crippen LogP contribution in [0, 0.1) is 19.7 Å². The summed E-state index contributed by atoms with van der Waals surface area (Å²) in [6.07, 6.45) is 2.25. The summed E-state index contributed by atoms with van der Waals surface area (Å²) in [5, 5.41) is 2.81. The van der Waals surface area contributed by atoms with Gasteiger partial charge in [0.2, 0.25) is 21.8 Å². The number of hydrogen-bond donors (Lipinski definition) is 1. The van der Waals surface area contributed by atoms with Crippen LogP contribution in [-0.2, 0) is 26.2 Å². The number of sulfonamides is 1. The molecular weight excluding hydrogens is 469 g/mol. The van der Waals surface area contributed by atoms with Gasteiger partial charge in [-0.15, -0.1) is 0 Å². The number of hydrogen-bond acceptors (Lipinski definition) is 4. The zero-order chi connectivity index (χ0) is 26.2. The summed E-state index contributed by atoms with van der Waals surface area (Å²) in [6.45, 7) is 8.25. The number of carbonyl (C=O) groups excluding carboxylic acids is 2. The van der Waals surface area contributed by atoms with Crippen LogP contribution in [0.25, 0.3) is 0 Å². The Morgan fingerprint density at radius 3 is 2.29 bits per heavy atom. The van der Waals surface area contributed by atoms with Gasteiger partial charge >= 0.3 is 0 Å². The van der Waals surface area contributed by atoms with E-state index in [-0.39, 0.29) is 43.6 Å². The average Bonchev–Trinajstić information content (AvgIpc) is 2.80. The van der Waals surface area contributed by atoms with Crippen LogP contribution in [0.3, 0.4) is 0 Å². The first kappa shape index (κ1) is 28.3. The second-order valence-corrected chi connectivity index (χ2v) is 10.7. The van der Waals surface area contributed by atoms with Crippen LogP contribution < -0.4 is 9.62 Å². The van der Waals surface area contributed by atoms with Crippen LogP contribution in [0.15, 0.2) is 42.5 Å². The van der Waals surface area contributed by atoms with Crippen molar-refractivity contribution in [3.63, 3.8) is 0 Å². The van der Waals surface area contributed by atoms with Gasteiger partial charge in [-0.3, -0.25) is 13.9 Å². The number of nitrogens with zero attached hydrogens (tertiary/aromatic N) is 2. The van der Waals surface area contributed by atoms with E-state index in [1.165, 1.54) is 21.3 Å². The zero-order valence-corrected chi connectivity index (χ0v) is 22.0. The second kappa shape index (κ2) is 12.7. The van der Waals surface area contributed by atoms with Crippen molar-refractivity contribution >= 4 is 27.5 Å².